The fraction of sp³-hybridized carbons (Fsp3) is 0.292. The van der Waals surface area contributed by atoms with E-state index >= 15 is 0 Å². The summed E-state index contributed by atoms with van der Waals surface area (Å²) in [5.41, 5.74) is 2.27. The number of carbonyl (C=O) groups excluding carboxylic acids is 1. The average molecular weight is 387 g/mol. The Morgan fingerprint density at radius 2 is 1.59 bits per heavy atom. The first-order chi connectivity index (χ1) is 14.2. The van der Waals surface area contributed by atoms with Gasteiger partial charge in [-0.25, -0.2) is 4.68 Å². The first kappa shape index (κ1) is 19.1. The maximum absolute atomic E-state index is 12.8. The minimum Gasteiger partial charge on any atom is -0.350 e. The zero-order chi connectivity index (χ0) is 20.1. The van der Waals surface area contributed by atoms with E-state index < -0.39 is 0 Å². The molecule has 1 N–H and O–H groups in total. The van der Waals surface area contributed by atoms with E-state index in [0.29, 0.717) is 13.1 Å². The van der Waals surface area contributed by atoms with Gasteiger partial charge in [-0.2, -0.15) is 5.10 Å². The van der Waals surface area contributed by atoms with Crippen molar-refractivity contribution in [1.82, 2.24) is 15.1 Å². The third kappa shape index (κ3) is 4.29. The SMILES string of the molecule is O=C(NCC1(c2ccccc2)CCCC1)c1ccc(=O)n(Cc2ccccc2)n1. The molecule has 0 atom stereocenters. The van der Waals surface area contributed by atoms with Crippen LogP contribution in [0.5, 0.6) is 0 Å². The molecule has 2 aromatic carbocycles. The van der Waals surface area contributed by atoms with Gasteiger partial charge in [-0.3, -0.25) is 9.59 Å². The van der Waals surface area contributed by atoms with Crippen LogP contribution < -0.4 is 10.9 Å². The minimum absolute atomic E-state index is 0.0184. The second-order valence-electron chi connectivity index (χ2n) is 7.74. The summed E-state index contributed by atoms with van der Waals surface area (Å²) >= 11 is 0. The number of rotatable bonds is 6. The van der Waals surface area contributed by atoms with Crippen LogP contribution in [-0.2, 0) is 12.0 Å². The molecule has 5 nitrogen and oxygen atoms in total. The topological polar surface area (TPSA) is 64.0 Å². The highest BCUT2D eigenvalue weighted by atomic mass is 16.2. The number of hydrogen-bond donors (Lipinski definition) is 1. The summed E-state index contributed by atoms with van der Waals surface area (Å²) in [7, 11) is 0. The van der Waals surface area contributed by atoms with Crippen molar-refractivity contribution >= 4 is 5.91 Å². The number of hydrogen-bond acceptors (Lipinski definition) is 3. The predicted octanol–water partition coefficient (Wildman–Crippen LogP) is 3.53. The van der Waals surface area contributed by atoms with Crippen LogP contribution in [0.1, 0.15) is 47.3 Å². The molecule has 0 radical (unpaired) electrons. The van der Waals surface area contributed by atoms with Crippen LogP contribution in [0.15, 0.2) is 77.6 Å². The molecule has 148 valence electrons. The van der Waals surface area contributed by atoms with Crippen molar-refractivity contribution in [3.05, 3.63) is 100.0 Å². The lowest BCUT2D eigenvalue weighted by atomic mass is 9.79. The monoisotopic (exact) mass is 387 g/mol. The Kier molecular flexibility index (Phi) is 5.56. The number of amides is 1. The van der Waals surface area contributed by atoms with E-state index in [2.05, 4.69) is 34.7 Å². The number of nitrogens with zero attached hydrogens (tertiary/aromatic N) is 2. The molecule has 1 heterocycles. The molecule has 0 unspecified atom stereocenters. The van der Waals surface area contributed by atoms with Gasteiger partial charge in [0, 0.05) is 18.0 Å². The van der Waals surface area contributed by atoms with Crippen molar-refractivity contribution in [1.29, 1.82) is 0 Å². The van der Waals surface area contributed by atoms with E-state index in [1.165, 1.54) is 35.2 Å². The summed E-state index contributed by atoms with van der Waals surface area (Å²) in [5.74, 6) is -0.242. The van der Waals surface area contributed by atoms with Gasteiger partial charge < -0.3 is 5.32 Å². The molecule has 1 aliphatic rings. The summed E-state index contributed by atoms with van der Waals surface area (Å²) in [6, 6.07) is 23.0. The molecule has 0 bridgehead atoms. The zero-order valence-electron chi connectivity index (χ0n) is 16.4. The van der Waals surface area contributed by atoms with E-state index in [9.17, 15) is 9.59 Å². The predicted molar refractivity (Wildman–Crippen MR) is 113 cm³/mol. The lowest BCUT2D eigenvalue weighted by molar-refractivity contribution is 0.0935. The van der Waals surface area contributed by atoms with Crippen molar-refractivity contribution in [3.63, 3.8) is 0 Å². The first-order valence-electron chi connectivity index (χ1n) is 10.1. The number of aromatic nitrogens is 2. The van der Waals surface area contributed by atoms with Crippen molar-refractivity contribution in [2.24, 2.45) is 0 Å². The maximum Gasteiger partial charge on any atom is 0.271 e. The van der Waals surface area contributed by atoms with Crippen LogP contribution in [0, 0.1) is 0 Å². The van der Waals surface area contributed by atoms with E-state index in [4.69, 9.17) is 0 Å². The van der Waals surface area contributed by atoms with Crippen LogP contribution in [0.4, 0.5) is 0 Å². The molecule has 29 heavy (non-hydrogen) atoms. The van der Waals surface area contributed by atoms with E-state index in [0.717, 1.165) is 18.4 Å². The lowest BCUT2D eigenvalue weighted by Gasteiger charge is -2.30. The van der Waals surface area contributed by atoms with Crippen LogP contribution in [0.2, 0.25) is 0 Å². The Morgan fingerprint density at radius 1 is 0.931 bits per heavy atom. The normalized spacial score (nSPS) is 15.2. The first-order valence-corrected chi connectivity index (χ1v) is 10.1. The number of nitrogens with one attached hydrogen (secondary N) is 1. The van der Waals surface area contributed by atoms with E-state index in [1.807, 2.05) is 36.4 Å². The molecule has 1 aromatic heterocycles. The summed E-state index contributed by atoms with van der Waals surface area (Å²) < 4.78 is 1.34. The van der Waals surface area contributed by atoms with Crippen LogP contribution in [0.25, 0.3) is 0 Å². The highest BCUT2D eigenvalue weighted by Crippen LogP contribution is 2.40. The smallest absolute Gasteiger partial charge is 0.271 e. The third-order valence-corrected chi connectivity index (χ3v) is 5.81. The molecule has 0 spiro atoms. The Hall–Kier alpha value is -3.21. The Balaban J connectivity index is 1.50. The van der Waals surface area contributed by atoms with Gasteiger partial charge >= 0.3 is 0 Å². The van der Waals surface area contributed by atoms with Crippen LogP contribution in [0.3, 0.4) is 0 Å². The Morgan fingerprint density at radius 3 is 2.28 bits per heavy atom. The molecule has 0 aliphatic heterocycles. The number of carbonyl (C=O) groups is 1. The molecule has 4 rings (SSSR count). The largest absolute Gasteiger partial charge is 0.350 e. The summed E-state index contributed by atoms with van der Waals surface area (Å²) in [6.45, 7) is 0.921. The molecule has 1 saturated carbocycles. The van der Waals surface area contributed by atoms with E-state index in [-0.39, 0.29) is 22.6 Å². The van der Waals surface area contributed by atoms with Gasteiger partial charge in [-0.05, 0) is 30.0 Å². The standard InChI is InChI=1S/C24H25N3O2/c28-22-14-13-21(26-27(22)17-19-9-3-1-4-10-19)23(29)25-18-24(15-7-8-16-24)20-11-5-2-6-12-20/h1-6,9-14H,7-8,15-18H2,(H,25,29). The van der Waals surface area contributed by atoms with Crippen molar-refractivity contribution < 1.29 is 4.79 Å². The van der Waals surface area contributed by atoms with Crippen molar-refractivity contribution in [2.75, 3.05) is 6.54 Å². The average Bonchev–Trinajstić information content (AvgIpc) is 3.25. The molecular weight excluding hydrogens is 362 g/mol. The molecule has 3 aromatic rings. The summed E-state index contributed by atoms with van der Waals surface area (Å²) in [5, 5.41) is 7.37. The highest BCUT2D eigenvalue weighted by Gasteiger charge is 2.35. The maximum atomic E-state index is 12.8. The quantitative estimate of drug-likeness (QED) is 0.704. The fourth-order valence-corrected chi connectivity index (χ4v) is 4.19. The van der Waals surface area contributed by atoms with E-state index in [1.54, 1.807) is 0 Å². The molecule has 0 saturated heterocycles. The van der Waals surface area contributed by atoms with Crippen LogP contribution >= 0.6 is 0 Å². The van der Waals surface area contributed by atoms with Crippen LogP contribution in [-0.4, -0.2) is 22.2 Å². The van der Waals surface area contributed by atoms with Gasteiger partial charge in [0.15, 0.2) is 0 Å². The lowest BCUT2D eigenvalue weighted by Crippen LogP contribution is -2.40. The second-order valence-corrected chi connectivity index (χ2v) is 7.74. The Bertz CT molecular complexity index is 1020. The van der Waals surface area contributed by atoms with Crippen molar-refractivity contribution in [2.45, 2.75) is 37.6 Å². The molecule has 1 amide bonds. The number of benzene rings is 2. The third-order valence-electron chi connectivity index (χ3n) is 5.81. The van der Waals surface area contributed by atoms with Crippen molar-refractivity contribution in [3.8, 4) is 0 Å². The van der Waals surface area contributed by atoms with Gasteiger partial charge in [-0.1, -0.05) is 73.5 Å². The summed E-state index contributed by atoms with van der Waals surface area (Å²) in [6.07, 6.45) is 4.48. The Labute approximate surface area is 170 Å². The second kappa shape index (κ2) is 8.43. The minimum atomic E-state index is -0.242. The molecular formula is C24H25N3O2. The fourth-order valence-electron chi connectivity index (χ4n) is 4.19. The molecule has 1 fully saturated rings. The van der Waals surface area contributed by atoms with Gasteiger partial charge in [0.2, 0.25) is 0 Å². The summed E-state index contributed by atoms with van der Waals surface area (Å²) in [4.78, 5) is 25.0. The molecule has 1 aliphatic carbocycles. The van der Waals surface area contributed by atoms with Gasteiger partial charge in [-0.15, -0.1) is 0 Å². The van der Waals surface area contributed by atoms with Gasteiger partial charge in [0.1, 0.15) is 5.69 Å². The zero-order valence-corrected chi connectivity index (χ0v) is 16.4. The highest BCUT2D eigenvalue weighted by molar-refractivity contribution is 5.92. The van der Waals surface area contributed by atoms with Gasteiger partial charge in [0.25, 0.3) is 11.5 Å². The van der Waals surface area contributed by atoms with Gasteiger partial charge in [0.05, 0.1) is 6.54 Å². The molecule has 5 heteroatoms.